The molecule has 0 fully saturated rings. The number of hydrogen-bond donors (Lipinski definition) is 3. The zero-order chi connectivity index (χ0) is 27.6. The topological polar surface area (TPSA) is 63.2 Å². The summed E-state index contributed by atoms with van der Waals surface area (Å²) in [6.07, 6.45) is -4.44. The average molecular weight is 558 g/mol. The highest BCUT2D eigenvalue weighted by molar-refractivity contribution is 7.80. The summed E-state index contributed by atoms with van der Waals surface area (Å²) in [7, 11) is 1.77. The van der Waals surface area contributed by atoms with Crippen LogP contribution in [0.25, 0.3) is 0 Å². The van der Waals surface area contributed by atoms with Gasteiger partial charge in [-0.15, -0.1) is 12.6 Å². The van der Waals surface area contributed by atoms with Crippen LogP contribution >= 0.6 is 24.2 Å². The van der Waals surface area contributed by atoms with E-state index in [0.29, 0.717) is 29.1 Å². The molecule has 11 heteroatoms. The molecule has 200 valence electrons. The highest BCUT2D eigenvalue weighted by atomic mass is 35.5. The maximum absolute atomic E-state index is 13.9. The number of carbonyl (C=O) groups is 1. The SMILES string of the molecule is CC.CNCCCOc1cc(F)ccc1Cc1nc(C(F)(F)F)c(Cl)cc1C(=O)Nc1cccc(S)c1. The Kier molecular flexibility index (Phi) is 11.7. The Hall–Kier alpha value is -2.82. The molecule has 1 aromatic heterocycles. The van der Waals surface area contributed by atoms with Crippen molar-refractivity contribution in [3.63, 3.8) is 0 Å². The Labute approximate surface area is 224 Å². The van der Waals surface area contributed by atoms with Gasteiger partial charge in [0.25, 0.3) is 5.91 Å². The third kappa shape index (κ3) is 8.91. The lowest BCUT2D eigenvalue weighted by Gasteiger charge is -2.16. The second kappa shape index (κ2) is 14.2. The molecule has 0 spiro atoms. The van der Waals surface area contributed by atoms with Crippen LogP contribution in [0.3, 0.4) is 0 Å². The van der Waals surface area contributed by atoms with Gasteiger partial charge in [0, 0.05) is 28.6 Å². The third-order valence-corrected chi connectivity index (χ3v) is 5.45. The van der Waals surface area contributed by atoms with Crippen LogP contribution in [0.4, 0.5) is 23.2 Å². The number of nitrogens with zero attached hydrogens (tertiary/aromatic N) is 1. The summed E-state index contributed by atoms with van der Waals surface area (Å²) in [6.45, 7) is 4.92. The van der Waals surface area contributed by atoms with Gasteiger partial charge >= 0.3 is 6.18 Å². The Morgan fingerprint density at radius 2 is 1.86 bits per heavy atom. The van der Waals surface area contributed by atoms with Crippen molar-refractivity contribution in [1.82, 2.24) is 10.3 Å². The molecule has 0 unspecified atom stereocenters. The predicted molar refractivity (Wildman–Crippen MR) is 140 cm³/mol. The number of pyridine rings is 1. The van der Waals surface area contributed by atoms with Crippen LogP contribution in [-0.4, -0.2) is 31.1 Å². The van der Waals surface area contributed by atoms with Crippen LogP contribution < -0.4 is 15.4 Å². The number of anilines is 1. The molecule has 5 nitrogen and oxygen atoms in total. The number of rotatable bonds is 9. The third-order valence-electron chi connectivity index (χ3n) is 4.89. The van der Waals surface area contributed by atoms with Gasteiger partial charge in [-0.1, -0.05) is 37.6 Å². The van der Waals surface area contributed by atoms with E-state index in [2.05, 4.69) is 28.2 Å². The van der Waals surface area contributed by atoms with Crippen molar-refractivity contribution in [3.8, 4) is 5.75 Å². The van der Waals surface area contributed by atoms with E-state index in [0.717, 1.165) is 18.2 Å². The lowest BCUT2D eigenvalue weighted by molar-refractivity contribution is -0.141. The van der Waals surface area contributed by atoms with E-state index < -0.39 is 28.6 Å². The Morgan fingerprint density at radius 3 is 2.51 bits per heavy atom. The summed E-state index contributed by atoms with van der Waals surface area (Å²) in [5, 5.41) is 4.86. The van der Waals surface area contributed by atoms with Gasteiger partial charge in [0.2, 0.25) is 0 Å². The van der Waals surface area contributed by atoms with Crippen molar-refractivity contribution >= 4 is 35.8 Å². The second-order valence-corrected chi connectivity index (χ2v) is 8.47. The number of benzene rings is 2. The highest BCUT2D eigenvalue weighted by Gasteiger charge is 2.36. The number of alkyl halides is 3. The molecule has 0 saturated heterocycles. The number of thiol groups is 1. The van der Waals surface area contributed by atoms with Crippen LogP contribution in [0.15, 0.2) is 53.4 Å². The molecule has 1 amide bonds. The number of nitrogens with one attached hydrogen (secondary N) is 2. The van der Waals surface area contributed by atoms with Gasteiger partial charge < -0.3 is 15.4 Å². The van der Waals surface area contributed by atoms with Crippen molar-refractivity contribution in [2.24, 2.45) is 0 Å². The minimum absolute atomic E-state index is 0.153. The Morgan fingerprint density at radius 1 is 1.14 bits per heavy atom. The van der Waals surface area contributed by atoms with Gasteiger partial charge in [-0.25, -0.2) is 9.37 Å². The number of amides is 1. The van der Waals surface area contributed by atoms with E-state index >= 15 is 0 Å². The Balaban J connectivity index is 0.00000235. The smallest absolute Gasteiger partial charge is 0.434 e. The zero-order valence-corrected chi connectivity index (χ0v) is 22.2. The first-order chi connectivity index (χ1) is 17.6. The van der Waals surface area contributed by atoms with E-state index in [4.69, 9.17) is 16.3 Å². The quantitative estimate of drug-likeness (QED) is 0.150. The average Bonchev–Trinajstić information content (AvgIpc) is 2.84. The van der Waals surface area contributed by atoms with Crippen LogP contribution in [0.1, 0.15) is 47.6 Å². The summed E-state index contributed by atoms with van der Waals surface area (Å²) in [5.74, 6) is -1.12. The molecule has 0 radical (unpaired) electrons. The van der Waals surface area contributed by atoms with Gasteiger partial charge in [-0.05, 0) is 50.3 Å². The molecule has 0 aliphatic heterocycles. The number of ether oxygens (including phenoxy) is 1. The normalized spacial score (nSPS) is 10.9. The van der Waals surface area contributed by atoms with Crippen LogP contribution in [0, 0.1) is 5.82 Å². The van der Waals surface area contributed by atoms with E-state index in [1.807, 2.05) is 13.8 Å². The van der Waals surface area contributed by atoms with Crippen molar-refractivity contribution in [3.05, 3.63) is 81.9 Å². The van der Waals surface area contributed by atoms with E-state index in [9.17, 15) is 22.4 Å². The minimum Gasteiger partial charge on any atom is -0.493 e. The van der Waals surface area contributed by atoms with Crippen molar-refractivity contribution in [2.45, 2.75) is 37.8 Å². The molecule has 0 aliphatic rings. The molecule has 3 rings (SSSR count). The summed E-state index contributed by atoms with van der Waals surface area (Å²) in [5.41, 5.74) is -0.905. The fourth-order valence-corrected chi connectivity index (χ4v) is 3.74. The molecule has 2 N–H and O–H groups in total. The number of halogens is 5. The molecular weight excluding hydrogens is 530 g/mol. The summed E-state index contributed by atoms with van der Waals surface area (Å²) < 4.78 is 60.1. The molecule has 37 heavy (non-hydrogen) atoms. The maximum atomic E-state index is 13.9. The highest BCUT2D eigenvalue weighted by Crippen LogP contribution is 2.35. The summed E-state index contributed by atoms with van der Waals surface area (Å²) >= 11 is 10.1. The van der Waals surface area contributed by atoms with Crippen molar-refractivity contribution < 1.29 is 27.1 Å². The standard InChI is InChI=1S/C24H22ClF4N3O2S.C2H6/c1-30-8-3-9-34-21-11-15(26)7-6-14(21)10-20-18(13-19(25)22(32-20)24(27,28)29)23(33)31-16-4-2-5-17(35)12-16;1-2/h2,4-7,11-13,30,35H,3,8-10H2,1H3,(H,31,33);1-2H3. The second-order valence-electron chi connectivity index (χ2n) is 7.55. The van der Waals surface area contributed by atoms with E-state index in [1.54, 1.807) is 31.3 Å². The van der Waals surface area contributed by atoms with Gasteiger partial charge in [-0.2, -0.15) is 13.2 Å². The number of carbonyl (C=O) groups excluding carboxylic acids is 1. The van der Waals surface area contributed by atoms with Crippen LogP contribution in [-0.2, 0) is 12.6 Å². The van der Waals surface area contributed by atoms with Crippen molar-refractivity contribution in [1.29, 1.82) is 0 Å². The monoisotopic (exact) mass is 557 g/mol. The zero-order valence-electron chi connectivity index (χ0n) is 20.5. The lowest BCUT2D eigenvalue weighted by Crippen LogP contribution is -2.19. The summed E-state index contributed by atoms with van der Waals surface area (Å²) in [4.78, 5) is 17.3. The van der Waals surface area contributed by atoms with E-state index in [1.165, 1.54) is 6.07 Å². The fraction of sp³-hybridized carbons (Fsp3) is 0.308. The lowest BCUT2D eigenvalue weighted by atomic mass is 10.0. The van der Waals surface area contributed by atoms with Gasteiger partial charge in [0.1, 0.15) is 11.6 Å². The van der Waals surface area contributed by atoms with Gasteiger partial charge in [-0.3, -0.25) is 4.79 Å². The fourth-order valence-electron chi connectivity index (χ4n) is 3.26. The first-order valence-electron chi connectivity index (χ1n) is 11.5. The minimum atomic E-state index is -4.84. The van der Waals surface area contributed by atoms with Gasteiger partial charge in [0.05, 0.1) is 22.9 Å². The molecular formula is C26H28ClF4N3O2S. The number of hydrogen-bond acceptors (Lipinski definition) is 5. The maximum Gasteiger partial charge on any atom is 0.434 e. The molecule has 1 heterocycles. The van der Waals surface area contributed by atoms with Crippen LogP contribution in [0.5, 0.6) is 5.75 Å². The van der Waals surface area contributed by atoms with Crippen LogP contribution in [0.2, 0.25) is 5.02 Å². The molecule has 0 atom stereocenters. The molecule has 0 bridgehead atoms. The largest absolute Gasteiger partial charge is 0.493 e. The van der Waals surface area contributed by atoms with E-state index in [-0.39, 0.29) is 30.0 Å². The van der Waals surface area contributed by atoms with Crippen molar-refractivity contribution in [2.75, 3.05) is 25.5 Å². The molecule has 2 aromatic carbocycles. The first-order valence-corrected chi connectivity index (χ1v) is 12.3. The summed E-state index contributed by atoms with van der Waals surface area (Å²) in [6, 6.07) is 11.2. The molecule has 0 saturated carbocycles. The Bertz CT molecular complexity index is 1210. The predicted octanol–water partition coefficient (Wildman–Crippen LogP) is 7.04. The van der Waals surface area contributed by atoms with Gasteiger partial charge in [0.15, 0.2) is 5.69 Å². The first kappa shape index (κ1) is 30.4. The molecule has 3 aromatic rings. The number of aromatic nitrogens is 1. The molecule has 0 aliphatic carbocycles.